The molecule has 0 aromatic carbocycles. The van der Waals surface area contributed by atoms with E-state index in [4.69, 9.17) is 5.73 Å². The number of hydrogen-bond donors (Lipinski definition) is 3. The highest BCUT2D eigenvalue weighted by Gasteiger charge is 2.34. The lowest BCUT2D eigenvalue weighted by Crippen LogP contribution is -2.51. The smallest absolute Gasteiger partial charge is 0.384 e. The second-order valence-electron chi connectivity index (χ2n) is 1.43. The first-order valence-electron chi connectivity index (χ1n) is 2.20. The summed E-state index contributed by atoms with van der Waals surface area (Å²) in [6.07, 6.45) is 0. The molecule has 1 unspecified atom stereocenters. The highest BCUT2D eigenvalue weighted by molar-refractivity contribution is 14.1. The summed E-state index contributed by atoms with van der Waals surface area (Å²) in [5.74, 6) is 7.83. The van der Waals surface area contributed by atoms with Crippen molar-refractivity contribution >= 4 is 28.6 Å². The number of alkyl halides is 1. The number of hydrogen-bond acceptors (Lipinski definition) is 8. The van der Waals surface area contributed by atoms with Gasteiger partial charge in [0, 0.05) is 0 Å². The van der Waals surface area contributed by atoms with E-state index in [-0.39, 0.29) is 0 Å². The van der Waals surface area contributed by atoms with E-state index in [9.17, 15) is 10.0 Å². The maximum Gasteiger partial charge on any atom is 0.384 e. The van der Waals surface area contributed by atoms with Gasteiger partial charge in [0.15, 0.2) is 0 Å². The van der Waals surface area contributed by atoms with Gasteiger partial charge in [-0.2, -0.15) is 11.2 Å². The van der Waals surface area contributed by atoms with Gasteiger partial charge in [-0.25, -0.2) is 4.79 Å². The van der Waals surface area contributed by atoms with Crippen molar-refractivity contribution in [3.05, 3.63) is 5.21 Å². The van der Waals surface area contributed by atoms with Crippen LogP contribution in [-0.2, 0) is 14.5 Å². The Morgan fingerprint density at radius 1 is 1.73 bits per heavy atom. The lowest BCUT2D eigenvalue weighted by Gasteiger charge is -2.28. The number of rotatable bonds is 3. The van der Waals surface area contributed by atoms with Gasteiger partial charge in [-0.15, -0.1) is 0 Å². The fraction of sp³-hybridized carbons (Fsp3) is 0.500. The van der Waals surface area contributed by atoms with Crippen LogP contribution in [0.3, 0.4) is 0 Å². The highest BCUT2D eigenvalue weighted by atomic mass is 127. The average molecular weight is 277 g/mol. The molecule has 6 N–H and O–H groups in total. The van der Waals surface area contributed by atoms with Crippen LogP contribution in [0.5, 0.6) is 0 Å². The highest BCUT2D eigenvalue weighted by Crippen LogP contribution is 2.14. The van der Waals surface area contributed by atoms with Gasteiger partial charge in [0.1, 0.15) is 0 Å². The Balaban J connectivity index is 4.09. The third-order valence-electron chi connectivity index (χ3n) is 0.608. The van der Waals surface area contributed by atoms with Crippen LogP contribution < -0.4 is 17.5 Å². The van der Waals surface area contributed by atoms with Crippen molar-refractivity contribution in [2.75, 3.05) is 0 Å². The van der Waals surface area contributed by atoms with Crippen molar-refractivity contribution in [3.63, 3.8) is 0 Å². The topological polar surface area (TPSA) is 140 Å². The molecule has 11 heavy (non-hydrogen) atoms. The quantitative estimate of drug-likeness (QED) is 0.135. The number of halogens is 1. The number of nitrogens with zero attached hydrogens (tertiary/aromatic N) is 1. The molecule has 0 rings (SSSR count). The van der Waals surface area contributed by atoms with Crippen molar-refractivity contribution in [1.82, 2.24) is 5.34 Å². The molecule has 9 heteroatoms. The van der Waals surface area contributed by atoms with Gasteiger partial charge in [-0.05, 0) is 22.6 Å². The van der Waals surface area contributed by atoms with E-state index in [1.165, 1.54) is 22.6 Å². The van der Waals surface area contributed by atoms with E-state index in [1.807, 2.05) is 0 Å². The molecule has 0 aliphatic heterocycles. The molecule has 0 fully saturated rings. The molecule has 0 aromatic rings. The summed E-state index contributed by atoms with van der Waals surface area (Å²) >= 11 is 1.30. The lowest BCUT2D eigenvalue weighted by atomic mass is 10.6. The van der Waals surface area contributed by atoms with Crippen LogP contribution in [0.4, 0.5) is 0 Å². The maximum atomic E-state index is 10.5. The Kier molecular flexibility index (Phi) is 4.09. The molecular weight excluding hydrogens is 271 g/mol. The molecule has 0 aliphatic rings. The number of carbonyl (C=O) groups is 1. The summed E-state index contributed by atoms with van der Waals surface area (Å²) in [6.45, 7) is 0. The molecule has 0 spiro atoms. The van der Waals surface area contributed by atoms with Crippen molar-refractivity contribution in [1.29, 1.82) is 0 Å². The predicted octanol–water partition coefficient (Wildman–Crippen LogP) is -1.94. The first kappa shape index (κ1) is 11.0. The van der Waals surface area contributed by atoms with Crippen molar-refractivity contribution in [2.45, 2.75) is 3.73 Å². The largest absolute Gasteiger partial charge is 0.748 e. The minimum Gasteiger partial charge on any atom is -0.748 e. The van der Waals surface area contributed by atoms with Crippen molar-refractivity contribution in [2.24, 2.45) is 17.5 Å². The number of nitrogens with two attached hydrogens (primary N) is 3. The maximum absolute atomic E-state index is 10.5. The van der Waals surface area contributed by atoms with E-state index in [2.05, 4.69) is 21.4 Å². The zero-order valence-corrected chi connectivity index (χ0v) is 7.35. The van der Waals surface area contributed by atoms with E-state index < -0.39 is 15.0 Å². The summed E-state index contributed by atoms with van der Waals surface area (Å²) in [5.41, 5.74) is 5.06. The minimum atomic E-state index is -2.00. The second-order valence-corrected chi connectivity index (χ2v) is 3.03. The Morgan fingerprint density at radius 2 is 2.18 bits per heavy atom. The number of hydrazine groups is 1. The summed E-state index contributed by atoms with van der Waals surface area (Å²) in [4.78, 5) is 18.3. The Morgan fingerprint density at radius 3 is 2.45 bits per heavy atom. The standard InChI is InChI=1S/C2H6IN4O4/c3-2(4,1(8)10-6)11-7(5)9/h4-6H2/q-1. The molecule has 0 saturated carbocycles. The van der Waals surface area contributed by atoms with Gasteiger partial charge in [-0.1, -0.05) is 0 Å². The summed E-state index contributed by atoms with van der Waals surface area (Å²) in [5, 5.41) is 9.55. The molecular formula is C2H6IN4O4-. The zero-order valence-electron chi connectivity index (χ0n) is 5.19. The molecule has 0 saturated heterocycles. The Labute approximate surface area is 75.2 Å². The molecule has 0 amide bonds. The van der Waals surface area contributed by atoms with Crippen molar-refractivity contribution < 1.29 is 14.5 Å². The first-order valence-corrected chi connectivity index (χ1v) is 3.28. The summed E-state index contributed by atoms with van der Waals surface area (Å²) < 4.78 is -2.00. The second kappa shape index (κ2) is 4.10. The summed E-state index contributed by atoms with van der Waals surface area (Å²) in [6, 6.07) is 0. The minimum absolute atomic E-state index is 0.469. The molecule has 0 heterocycles. The number of carbonyl (C=O) groups excluding carboxylic acids is 1. The van der Waals surface area contributed by atoms with Crippen molar-refractivity contribution in [3.8, 4) is 0 Å². The Hall–Kier alpha value is -0.0400. The van der Waals surface area contributed by atoms with Crippen LogP contribution in [0.25, 0.3) is 0 Å². The molecule has 66 valence electrons. The SMILES string of the molecule is NOC(=O)C(N)(I)ON(N)[O-]. The molecule has 0 bridgehead atoms. The molecule has 8 nitrogen and oxygen atoms in total. The van der Waals surface area contributed by atoms with Gasteiger partial charge < -0.3 is 10.0 Å². The summed E-state index contributed by atoms with van der Waals surface area (Å²) in [7, 11) is 0. The third-order valence-corrected chi connectivity index (χ3v) is 1.25. The van der Waals surface area contributed by atoms with Gasteiger partial charge in [0.05, 0.1) is 0 Å². The zero-order chi connectivity index (χ0) is 9.07. The van der Waals surface area contributed by atoms with Gasteiger partial charge in [0.2, 0.25) is 0 Å². The van der Waals surface area contributed by atoms with Crippen LogP contribution in [0.1, 0.15) is 0 Å². The van der Waals surface area contributed by atoms with Gasteiger partial charge >= 0.3 is 5.97 Å². The van der Waals surface area contributed by atoms with Crippen LogP contribution in [0.15, 0.2) is 0 Å². The average Bonchev–Trinajstić information content (AvgIpc) is 1.83. The third kappa shape index (κ3) is 3.76. The lowest BCUT2D eigenvalue weighted by molar-refractivity contribution is -0.201. The van der Waals surface area contributed by atoms with Crippen LogP contribution in [0.2, 0.25) is 0 Å². The van der Waals surface area contributed by atoms with Crippen LogP contribution in [-0.4, -0.2) is 15.0 Å². The van der Waals surface area contributed by atoms with E-state index >= 15 is 0 Å². The van der Waals surface area contributed by atoms with Gasteiger partial charge in [0.25, 0.3) is 3.73 Å². The van der Waals surface area contributed by atoms with E-state index in [0.29, 0.717) is 0 Å². The van der Waals surface area contributed by atoms with Gasteiger partial charge in [-0.3, -0.25) is 16.4 Å². The fourth-order valence-corrected chi connectivity index (χ4v) is 0.570. The molecule has 0 aliphatic carbocycles. The predicted molar refractivity (Wildman–Crippen MR) is 41.7 cm³/mol. The van der Waals surface area contributed by atoms with E-state index in [0.717, 1.165) is 0 Å². The fourth-order valence-electron chi connectivity index (χ4n) is 0.249. The molecule has 0 aromatic heterocycles. The first-order chi connectivity index (χ1) is 4.90. The van der Waals surface area contributed by atoms with Crippen LogP contribution in [0, 0.1) is 5.21 Å². The monoisotopic (exact) mass is 277 g/mol. The molecule has 1 atom stereocenters. The van der Waals surface area contributed by atoms with Crippen LogP contribution >= 0.6 is 22.6 Å². The molecule has 0 radical (unpaired) electrons. The Bertz CT molecular complexity index is 149. The normalized spacial score (nSPS) is 16.2. The van der Waals surface area contributed by atoms with E-state index in [1.54, 1.807) is 0 Å².